The van der Waals surface area contributed by atoms with E-state index in [2.05, 4.69) is 4.90 Å². The number of thiophene rings is 1. The lowest BCUT2D eigenvalue weighted by atomic mass is 10.2. The van der Waals surface area contributed by atoms with Crippen LogP contribution in [0.25, 0.3) is 5.57 Å². The molecule has 0 N–H and O–H groups in total. The first-order chi connectivity index (χ1) is 11.1. The van der Waals surface area contributed by atoms with Crippen molar-refractivity contribution in [2.75, 3.05) is 26.2 Å². The van der Waals surface area contributed by atoms with E-state index >= 15 is 0 Å². The van der Waals surface area contributed by atoms with E-state index < -0.39 is 0 Å². The fraction of sp³-hybridized carbons (Fsp3) is 0.529. The van der Waals surface area contributed by atoms with Crippen molar-refractivity contribution >= 4 is 28.7 Å². The molecule has 23 heavy (non-hydrogen) atoms. The second-order valence-electron chi connectivity index (χ2n) is 6.08. The van der Waals surface area contributed by atoms with E-state index in [4.69, 9.17) is 4.74 Å². The summed E-state index contributed by atoms with van der Waals surface area (Å²) in [5.41, 5.74) is 1.15. The lowest BCUT2D eigenvalue weighted by molar-refractivity contribution is -0.138. The van der Waals surface area contributed by atoms with Crippen LogP contribution in [0.15, 0.2) is 23.2 Å². The fourth-order valence-electron chi connectivity index (χ4n) is 3.02. The van der Waals surface area contributed by atoms with Crippen molar-refractivity contribution in [1.29, 1.82) is 0 Å². The summed E-state index contributed by atoms with van der Waals surface area (Å²) in [4.78, 5) is 29.9. The predicted octanol–water partition coefficient (Wildman–Crippen LogP) is 2.35. The van der Waals surface area contributed by atoms with Gasteiger partial charge in [-0.15, -0.1) is 11.3 Å². The second-order valence-corrected chi connectivity index (χ2v) is 7.02. The maximum Gasteiger partial charge on any atom is 0.277 e. The van der Waals surface area contributed by atoms with Crippen molar-refractivity contribution in [2.24, 2.45) is 0 Å². The summed E-state index contributed by atoms with van der Waals surface area (Å²) >= 11 is 1.50. The molecule has 1 fully saturated rings. The maximum atomic E-state index is 12.8. The van der Waals surface area contributed by atoms with Gasteiger partial charge in [0.2, 0.25) is 0 Å². The zero-order chi connectivity index (χ0) is 16.4. The minimum absolute atomic E-state index is 0.0885. The molecular weight excluding hydrogens is 312 g/mol. The van der Waals surface area contributed by atoms with Gasteiger partial charge < -0.3 is 9.64 Å². The molecule has 0 aromatic carbocycles. The number of hydrogen-bond acceptors (Lipinski definition) is 5. The molecular formula is C17H22N2O3S. The van der Waals surface area contributed by atoms with Gasteiger partial charge in [-0.05, 0) is 38.1 Å². The molecule has 2 amide bonds. The van der Waals surface area contributed by atoms with E-state index in [-0.39, 0.29) is 17.9 Å². The normalized spacial score (nSPS) is 18.9. The van der Waals surface area contributed by atoms with Gasteiger partial charge in [0.05, 0.1) is 24.8 Å². The Hall–Kier alpha value is -1.66. The van der Waals surface area contributed by atoms with Crippen LogP contribution >= 0.6 is 11.3 Å². The Balaban J connectivity index is 1.87. The number of carbonyl (C=O) groups excluding carboxylic acids is 2. The minimum atomic E-state index is -0.188. The molecule has 5 nitrogen and oxygen atoms in total. The second kappa shape index (κ2) is 6.84. The highest BCUT2D eigenvalue weighted by Crippen LogP contribution is 2.35. The van der Waals surface area contributed by atoms with E-state index in [1.54, 1.807) is 0 Å². The lowest BCUT2D eigenvalue weighted by Crippen LogP contribution is -2.37. The number of ether oxygens (including phenoxy) is 1. The third-order valence-corrected chi connectivity index (χ3v) is 4.99. The van der Waals surface area contributed by atoms with Gasteiger partial charge in [-0.25, -0.2) is 0 Å². The molecule has 0 bridgehead atoms. The molecule has 0 aliphatic carbocycles. The van der Waals surface area contributed by atoms with Gasteiger partial charge in [0.15, 0.2) is 0 Å². The molecule has 124 valence electrons. The lowest BCUT2D eigenvalue weighted by Gasteiger charge is -2.20. The summed E-state index contributed by atoms with van der Waals surface area (Å²) in [7, 11) is 0. The highest BCUT2D eigenvalue weighted by Gasteiger charge is 2.42. The smallest absolute Gasteiger partial charge is 0.277 e. The summed E-state index contributed by atoms with van der Waals surface area (Å²) in [5.74, 6) is -0.362. The molecule has 0 saturated carbocycles. The van der Waals surface area contributed by atoms with Crippen LogP contribution in [-0.2, 0) is 14.3 Å². The number of carbonyl (C=O) groups is 2. The summed E-state index contributed by atoms with van der Waals surface area (Å²) < 4.78 is 5.51. The number of amides is 2. The number of hydrogen-bond donors (Lipinski definition) is 0. The number of nitrogens with zero attached hydrogens (tertiary/aromatic N) is 2. The van der Waals surface area contributed by atoms with Crippen molar-refractivity contribution < 1.29 is 14.3 Å². The Bertz CT molecular complexity index is 616. The van der Waals surface area contributed by atoms with E-state index in [1.807, 2.05) is 31.4 Å². The van der Waals surface area contributed by atoms with E-state index in [0.717, 1.165) is 30.8 Å². The molecule has 1 saturated heterocycles. The van der Waals surface area contributed by atoms with Crippen LogP contribution in [0.5, 0.6) is 0 Å². The van der Waals surface area contributed by atoms with E-state index in [9.17, 15) is 9.59 Å². The van der Waals surface area contributed by atoms with Crippen molar-refractivity contribution in [3.63, 3.8) is 0 Å². The molecule has 3 heterocycles. The molecule has 6 heteroatoms. The predicted molar refractivity (Wildman–Crippen MR) is 89.9 cm³/mol. The Morgan fingerprint density at radius 1 is 1.22 bits per heavy atom. The molecule has 2 aliphatic rings. The van der Waals surface area contributed by atoms with Crippen LogP contribution < -0.4 is 0 Å². The van der Waals surface area contributed by atoms with Crippen LogP contribution in [0.1, 0.15) is 31.6 Å². The molecule has 0 atom stereocenters. The first-order valence-corrected chi connectivity index (χ1v) is 8.98. The molecule has 0 unspecified atom stereocenters. The van der Waals surface area contributed by atoms with Crippen LogP contribution in [-0.4, -0.2) is 54.0 Å². The summed E-state index contributed by atoms with van der Waals surface area (Å²) in [6, 6.07) is 3.83. The van der Waals surface area contributed by atoms with Gasteiger partial charge in [-0.3, -0.25) is 14.5 Å². The van der Waals surface area contributed by atoms with Gasteiger partial charge in [0.1, 0.15) is 5.70 Å². The third kappa shape index (κ3) is 3.19. The summed E-state index contributed by atoms with van der Waals surface area (Å²) in [6.07, 6.45) is 2.23. The molecule has 0 radical (unpaired) electrons. The van der Waals surface area contributed by atoms with E-state index in [1.165, 1.54) is 16.2 Å². The average Bonchev–Trinajstić information content (AvgIpc) is 3.22. The SMILES string of the molecule is CC(C)OCCN1C(=O)C(c2cccs2)=C(N2CCCC2)C1=O. The molecule has 2 aliphatic heterocycles. The zero-order valence-electron chi connectivity index (χ0n) is 13.6. The Morgan fingerprint density at radius 3 is 2.57 bits per heavy atom. The fourth-order valence-corrected chi connectivity index (χ4v) is 3.79. The summed E-state index contributed by atoms with van der Waals surface area (Å²) in [6.45, 7) is 6.26. The molecule has 1 aromatic rings. The first kappa shape index (κ1) is 16.2. The Kier molecular flexibility index (Phi) is 4.82. The first-order valence-electron chi connectivity index (χ1n) is 8.10. The van der Waals surface area contributed by atoms with Gasteiger partial charge in [-0.2, -0.15) is 0 Å². The summed E-state index contributed by atoms with van der Waals surface area (Å²) in [5, 5.41) is 1.94. The Labute approximate surface area is 140 Å². The minimum Gasteiger partial charge on any atom is -0.377 e. The van der Waals surface area contributed by atoms with Crippen molar-refractivity contribution in [2.45, 2.75) is 32.8 Å². The van der Waals surface area contributed by atoms with Gasteiger partial charge in [0, 0.05) is 18.0 Å². The van der Waals surface area contributed by atoms with Crippen LogP contribution in [0.4, 0.5) is 0 Å². The topological polar surface area (TPSA) is 49.9 Å². The molecule has 3 rings (SSSR count). The van der Waals surface area contributed by atoms with E-state index in [0.29, 0.717) is 24.4 Å². The number of imide groups is 1. The van der Waals surface area contributed by atoms with Crippen LogP contribution in [0.2, 0.25) is 0 Å². The molecule has 1 aromatic heterocycles. The quantitative estimate of drug-likeness (QED) is 0.749. The van der Waals surface area contributed by atoms with Crippen LogP contribution in [0, 0.1) is 0 Å². The number of likely N-dealkylation sites (tertiary alicyclic amines) is 1. The average molecular weight is 334 g/mol. The van der Waals surface area contributed by atoms with Gasteiger partial charge >= 0.3 is 0 Å². The van der Waals surface area contributed by atoms with Gasteiger partial charge in [-0.1, -0.05) is 6.07 Å². The third-order valence-electron chi connectivity index (χ3n) is 4.10. The highest BCUT2D eigenvalue weighted by atomic mass is 32.1. The Morgan fingerprint density at radius 2 is 1.96 bits per heavy atom. The highest BCUT2D eigenvalue weighted by molar-refractivity contribution is 7.11. The van der Waals surface area contributed by atoms with Gasteiger partial charge in [0.25, 0.3) is 11.8 Å². The van der Waals surface area contributed by atoms with Crippen molar-refractivity contribution in [1.82, 2.24) is 9.80 Å². The van der Waals surface area contributed by atoms with Crippen LogP contribution in [0.3, 0.4) is 0 Å². The van der Waals surface area contributed by atoms with Crippen molar-refractivity contribution in [3.8, 4) is 0 Å². The molecule has 0 spiro atoms. The monoisotopic (exact) mass is 334 g/mol. The zero-order valence-corrected chi connectivity index (χ0v) is 14.4. The standard InChI is InChI=1S/C17H22N2O3S/c1-12(2)22-10-9-19-16(20)14(13-6-5-11-23-13)15(17(19)21)18-7-3-4-8-18/h5-6,11-12H,3-4,7-10H2,1-2H3. The maximum absolute atomic E-state index is 12.8. The van der Waals surface area contributed by atoms with Crippen molar-refractivity contribution in [3.05, 3.63) is 28.1 Å². The number of rotatable bonds is 6. The largest absolute Gasteiger partial charge is 0.377 e.